The molecule has 1 aromatic carbocycles. The average molecular weight is 278 g/mol. The first-order valence-corrected chi connectivity index (χ1v) is 5.78. The molecule has 2 N–H and O–H groups in total. The Balaban J connectivity index is 3.07. The van der Waals surface area contributed by atoms with E-state index in [1.54, 1.807) is 6.92 Å². The van der Waals surface area contributed by atoms with Crippen molar-refractivity contribution in [2.75, 3.05) is 6.61 Å². The van der Waals surface area contributed by atoms with Crippen LogP contribution in [0.1, 0.15) is 24.1 Å². The molecule has 0 aliphatic rings. The Morgan fingerprint density at radius 1 is 1.56 bits per heavy atom. The number of hydrogen-bond donors (Lipinski definition) is 1. The summed E-state index contributed by atoms with van der Waals surface area (Å²) in [5, 5.41) is 0.0226. The van der Waals surface area contributed by atoms with Gasteiger partial charge in [-0.25, -0.2) is 13.6 Å². The third-order valence-corrected chi connectivity index (χ3v) is 2.98. The van der Waals surface area contributed by atoms with Gasteiger partial charge in [0, 0.05) is 5.56 Å². The number of carbonyl (C=O) groups excluding carboxylic acids is 1. The first kappa shape index (κ1) is 14.9. The van der Waals surface area contributed by atoms with Crippen LogP contribution in [0.5, 0.6) is 0 Å². The molecule has 0 radical (unpaired) electrons. The maximum atomic E-state index is 13.7. The third kappa shape index (κ3) is 2.97. The molecule has 0 bridgehead atoms. The molecule has 0 spiro atoms. The van der Waals surface area contributed by atoms with Crippen LogP contribution < -0.4 is 5.73 Å². The van der Waals surface area contributed by atoms with Gasteiger partial charge in [-0.15, -0.1) is 0 Å². The van der Waals surface area contributed by atoms with E-state index in [9.17, 15) is 13.6 Å². The lowest BCUT2D eigenvalue weighted by Crippen LogP contribution is -2.32. The van der Waals surface area contributed by atoms with Crippen LogP contribution in [-0.4, -0.2) is 18.7 Å². The van der Waals surface area contributed by atoms with Gasteiger partial charge >= 0.3 is 5.97 Å². The molecule has 1 rings (SSSR count). The van der Waals surface area contributed by atoms with E-state index in [0.29, 0.717) is 5.56 Å². The zero-order valence-electron chi connectivity index (χ0n) is 10.0. The van der Waals surface area contributed by atoms with Gasteiger partial charge in [0.15, 0.2) is 0 Å². The van der Waals surface area contributed by atoms with E-state index < -0.39 is 24.0 Å². The molecule has 18 heavy (non-hydrogen) atoms. The quantitative estimate of drug-likeness (QED) is 0.861. The third-order valence-electron chi connectivity index (χ3n) is 2.48. The van der Waals surface area contributed by atoms with E-state index in [-0.39, 0.29) is 17.2 Å². The zero-order valence-corrected chi connectivity index (χ0v) is 10.8. The summed E-state index contributed by atoms with van der Waals surface area (Å²) in [6, 6.07) is 1.09. The maximum absolute atomic E-state index is 13.7. The van der Waals surface area contributed by atoms with Crippen molar-refractivity contribution in [3.63, 3.8) is 0 Å². The van der Waals surface area contributed by atoms with Gasteiger partial charge < -0.3 is 10.5 Å². The first-order valence-electron chi connectivity index (χ1n) is 5.40. The number of carbonyl (C=O) groups is 1. The van der Waals surface area contributed by atoms with Crippen molar-refractivity contribution in [3.8, 4) is 0 Å². The van der Waals surface area contributed by atoms with Gasteiger partial charge in [-0.2, -0.15) is 0 Å². The van der Waals surface area contributed by atoms with Crippen molar-refractivity contribution in [1.82, 2.24) is 0 Å². The van der Waals surface area contributed by atoms with Gasteiger partial charge in [-0.3, -0.25) is 0 Å². The van der Waals surface area contributed by atoms with E-state index in [1.165, 1.54) is 13.0 Å². The highest BCUT2D eigenvalue weighted by Gasteiger charge is 2.31. The van der Waals surface area contributed by atoms with Crippen molar-refractivity contribution in [3.05, 3.63) is 34.1 Å². The summed E-state index contributed by atoms with van der Waals surface area (Å²) in [4.78, 5) is 11.2. The zero-order chi connectivity index (χ0) is 13.9. The molecule has 0 aromatic heterocycles. The topological polar surface area (TPSA) is 52.3 Å². The van der Waals surface area contributed by atoms with Gasteiger partial charge in [0.25, 0.3) is 0 Å². The maximum Gasteiger partial charge on any atom is 0.342 e. The molecule has 6 heteroatoms. The molecule has 0 saturated carbocycles. The Kier molecular flexibility index (Phi) is 5.04. The summed E-state index contributed by atoms with van der Waals surface area (Å²) in [5.74, 6) is -1.87. The molecule has 2 atom stereocenters. The summed E-state index contributed by atoms with van der Waals surface area (Å²) in [6.45, 7) is 3.20. The summed E-state index contributed by atoms with van der Waals surface area (Å²) < 4.78 is 31.8. The Hall–Kier alpha value is -1.20. The molecule has 1 unspecified atom stereocenters. The van der Waals surface area contributed by atoms with Crippen LogP contribution in [0.15, 0.2) is 12.1 Å². The summed E-state index contributed by atoms with van der Waals surface area (Å²) in [5.41, 5.74) is 5.88. The van der Waals surface area contributed by atoms with Crippen molar-refractivity contribution < 1.29 is 18.3 Å². The summed E-state index contributed by atoms with van der Waals surface area (Å²) in [7, 11) is 0. The Morgan fingerprint density at radius 2 is 2.17 bits per heavy atom. The highest BCUT2D eigenvalue weighted by Crippen LogP contribution is 2.30. The molecule has 100 valence electrons. The fraction of sp³-hybridized carbons (Fsp3) is 0.417. The Labute approximate surface area is 109 Å². The van der Waals surface area contributed by atoms with E-state index in [4.69, 9.17) is 17.3 Å². The number of alkyl halides is 1. The minimum absolute atomic E-state index is 0.0226. The monoisotopic (exact) mass is 277 g/mol. The fourth-order valence-electron chi connectivity index (χ4n) is 1.50. The molecule has 0 saturated heterocycles. The fourth-order valence-corrected chi connectivity index (χ4v) is 1.78. The number of rotatable bonds is 4. The molecule has 0 fully saturated rings. The van der Waals surface area contributed by atoms with Crippen LogP contribution in [0, 0.1) is 12.7 Å². The summed E-state index contributed by atoms with van der Waals surface area (Å²) >= 11 is 5.88. The van der Waals surface area contributed by atoms with Crippen molar-refractivity contribution in [2.45, 2.75) is 26.1 Å². The first-order chi connectivity index (χ1) is 8.40. The van der Waals surface area contributed by atoms with E-state index >= 15 is 0 Å². The van der Waals surface area contributed by atoms with Crippen molar-refractivity contribution in [2.24, 2.45) is 5.73 Å². The number of benzene rings is 1. The number of nitrogens with two attached hydrogens (primary N) is 1. The SMILES string of the molecule is CCOC(=O)C(F)[C@@H](N)c1c(F)ccc(C)c1Cl. The van der Waals surface area contributed by atoms with Gasteiger partial charge in [-0.1, -0.05) is 17.7 Å². The second-order valence-electron chi connectivity index (χ2n) is 3.77. The molecule has 1 aromatic rings. The molecule has 0 amide bonds. The standard InChI is InChI=1S/C12H14ClF2NO2/c1-3-18-12(17)10(15)11(16)8-7(14)5-4-6(2)9(8)13/h4-5,10-11H,3,16H2,1-2H3/t10?,11-/m0/s1. The second-order valence-corrected chi connectivity index (χ2v) is 4.15. The largest absolute Gasteiger partial charge is 0.464 e. The highest BCUT2D eigenvalue weighted by molar-refractivity contribution is 6.32. The van der Waals surface area contributed by atoms with Crippen LogP contribution in [0.4, 0.5) is 8.78 Å². The molecule has 0 aliphatic carbocycles. The van der Waals surface area contributed by atoms with Crippen LogP contribution >= 0.6 is 11.6 Å². The molecule has 0 heterocycles. The van der Waals surface area contributed by atoms with Crippen LogP contribution in [0.25, 0.3) is 0 Å². The number of esters is 1. The van der Waals surface area contributed by atoms with E-state index in [0.717, 1.165) is 6.07 Å². The predicted octanol–water partition coefficient (Wildman–Crippen LogP) is 2.69. The van der Waals surface area contributed by atoms with E-state index in [2.05, 4.69) is 4.74 Å². The Morgan fingerprint density at radius 3 is 2.72 bits per heavy atom. The van der Waals surface area contributed by atoms with Crippen molar-refractivity contribution >= 4 is 17.6 Å². The molecular weight excluding hydrogens is 264 g/mol. The summed E-state index contributed by atoms with van der Waals surface area (Å²) in [6.07, 6.45) is -2.15. The Bertz CT molecular complexity index is 454. The normalized spacial score (nSPS) is 14.1. The lowest BCUT2D eigenvalue weighted by atomic mass is 10.0. The number of aryl methyl sites for hydroxylation is 1. The van der Waals surface area contributed by atoms with Gasteiger partial charge in [-0.05, 0) is 25.5 Å². The van der Waals surface area contributed by atoms with Crippen LogP contribution in [0.2, 0.25) is 5.02 Å². The van der Waals surface area contributed by atoms with E-state index in [1.807, 2.05) is 0 Å². The molecular formula is C12H14ClF2NO2. The number of halogens is 3. The lowest BCUT2D eigenvalue weighted by Gasteiger charge is -2.18. The minimum atomic E-state index is -2.15. The van der Waals surface area contributed by atoms with Crippen LogP contribution in [-0.2, 0) is 9.53 Å². The smallest absolute Gasteiger partial charge is 0.342 e. The average Bonchev–Trinajstić information content (AvgIpc) is 2.33. The molecule has 0 aliphatic heterocycles. The van der Waals surface area contributed by atoms with Crippen LogP contribution in [0.3, 0.4) is 0 Å². The minimum Gasteiger partial charge on any atom is -0.464 e. The highest BCUT2D eigenvalue weighted by atomic mass is 35.5. The number of ether oxygens (including phenoxy) is 1. The second kappa shape index (κ2) is 6.11. The molecule has 3 nitrogen and oxygen atoms in total. The van der Waals surface area contributed by atoms with Gasteiger partial charge in [0.2, 0.25) is 6.17 Å². The van der Waals surface area contributed by atoms with Gasteiger partial charge in [0.1, 0.15) is 5.82 Å². The number of hydrogen-bond acceptors (Lipinski definition) is 3. The van der Waals surface area contributed by atoms with Crippen molar-refractivity contribution in [1.29, 1.82) is 0 Å². The van der Waals surface area contributed by atoms with Gasteiger partial charge in [0.05, 0.1) is 17.7 Å². The predicted molar refractivity (Wildman–Crippen MR) is 64.6 cm³/mol. The lowest BCUT2D eigenvalue weighted by molar-refractivity contribution is -0.149.